The van der Waals surface area contributed by atoms with Crippen molar-refractivity contribution >= 4 is 15.7 Å². The van der Waals surface area contributed by atoms with Crippen LogP contribution in [0.1, 0.15) is 30.9 Å². The van der Waals surface area contributed by atoms with Crippen LogP contribution >= 0.6 is 0 Å². The summed E-state index contributed by atoms with van der Waals surface area (Å²) >= 11 is 0. The molecule has 2 aromatic carbocycles. The molecule has 4 rings (SSSR count). The lowest BCUT2D eigenvalue weighted by atomic mass is 10.0. The molecule has 1 fully saturated rings. The van der Waals surface area contributed by atoms with Gasteiger partial charge in [-0.2, -0.15) is 4.31 Å². The molecule has 10 heteroatoms. The fraction of sp³-hybridized carbons (Fsp3) is 0.400. The van der Waals surface area contributed by atoms with Crippen molar-refractivity contribution in [2.75, 3.05) is 26.9 Å². The van der Waals surface area contributed by atoms with E-state index in [0.29, 0.717) is 44.1 Å². The molecule has 0 unspecified atom stereocenters. The number of hydrogen-bond acceptors (Lipinski definition) is 7. The van der Waals surface area contributed by atoms with Gasteiger partial charge in [0.1, 0.15) is 0 Å². The molecular weight excluding hydrogens is 412 g/mol. The van der Waals surface area contributed by atoms with Gasteiger partial charge in [0.15, 0.2) is 17.2 Å². The first kappa shape index (κ1) is 20.4. The highest BCUT2D eigenvalue weighted by atomic mass is 32.2. The van der Waals surface area contributed by atoms with Crippen LogP contribution in [-0.2, 0) is 10.0 Å². The zero-order valence-corrected chi connectivity index (χ0v) is 17.3. The van der Waals surface area contributed by atoms with E-state index in [0.717, 1.165) is 18.1 Å². The molecule has 1 atom stereocenters. The monoisotopic (exact) mass is 434 g/mol. The Bertz CT molecular complexity index is 1070. The van der Waals surface area contributed by atoms with Gasteiger partial charge in [-0.15, -0.1) is 0 Å². The van der Waals surface area contributed by atoms with Gasteiger partial charge in [0.25, 0.3) is 0 Å². The van der Waals surface area contributed by atoms with Crippen LogP contribution in [0, 0.1) is 10.1 Å². The van der Waals surface area contributed by atoms with Crippen molar-refractivity contribution in [3.63, 3.8) is 0 Å². The maximum Gasteiger partial charge on any atom is 0.312 e. The summed E-state index contributed by atoms with van der Waals surface area (Å²) in [7, 11) is -2.64. The van der Waals surface area contributed by atoms with Gasteiger partial charge >= 0.3 is 5.69 Å². The predicted molar refractivity (Wildman–Crippen MR) is 108 cm³/mol. The number of benzene rings is 2. The minimum atomic E-state index is -3.94. The molecule has 2 aromatic rings. The molecule has 2 aliphatic rings. The smallest absolute Gasteiger partial charge is 0.312 e. The maximum absolute atomic E-state index is 13.3. The number of sulfonamides is 1. The molecule has 1 saturated heterocycles. The second-order valence-electron chi connectivity index (χ2n) is 7.12. The molecule has 160 valence electrons. The van der Waals surface area contributed by atoms with Gasteiger partial charge in [-0.3, -0.25) is 10.1 Å². The van der Waals surface area contributed by atoms with Crippen LogP contribution in [0.25, 0.3) is 0 Å². The van der Waals surface area contributed by atoms with Crippen LogP contribution in [0.4, 0.5) is 5.69 Å². The van der Waals surface area contributed by atoms with Crippen LogP contribution in [0.5, 0.6) is 17.2 Å². The second kappa shape index (κ2) is 8.11. The van der Waals surface area contributed by atoms with Crippen LogP contribution in [0.15, 0.2) is 41.3 Å². The van der Waals surface area contributed by atoms with Crippen molar-refractivity contribution in [1.29, 1.82) is 0 Å². The first-order chi connectivity index (χ1) is 14.4. The molecule has 0 saturated carbocycles. The van der Waals surface area contributed by atoms with E-state index < -0.39 is 14.9 Å². The van der Waals surface area contributed by atoms with Crippen molar-refractivity contribution in [3.8, 4) is 17.2 Å². The average molecular weight is 434 g/mol. The van der Waals surface area contributed by atoms with Crippen molar-refractivity contribution in [3.05, 3.63) is 52.1 Å². The van der Waals surface area contributed by atoms with Gasteiger partial charge in [0, 0.05) is 19.0 Å². The van der Waals surface area contributed by atoms with Crippen LogP contribution < -0.4 is 14.2 Å². The van der Waals surface area contributed by atoms with Gasteiger partial charge in [-0.25, -0.2) is 8.42 Å². The van der Waals surface area contributed by atoms with E-state index in [2.05, 4.69) is 0 Å². The third-order valence-corrected chi connectivity index (χ3v) is 7.22. The van der Waals surface area contributed by atoms with E-state index in [9.17, 15) is 18.5 Å². The number of nitro groups is 1. The number of hydrogen-bond donors (Lipinski definition) is 0. The summed E-state index contributed by atoms with van der Waals surface area (Å²) in [5, 5.41) is 11.3. The molecule has 0 N–H and O–H groups in total. The highest BCUT2D eigenvalue weighted by molar-refractivity contribution is 7.89. The standard InChI is InChI=1S/C20H22N2O7S/c1-27-18-8-6-15(13-17(18)22(23)24)30(25,26)21-9-2-4-16(21)14-5-7-19-20(12-14)29-11-3-10-28-19/h5-8,12-13,16H,2-4,9-11H2,1H3/t16-/m0/s1. The minimum absolute atomic E-state index is 0.0137. The normalized spacial score (nSPS) is 19.3. The Morgan fingerprint density at radius 1 is 1.10 bits per heavy atom. The van der Waals surface area contributed by atoms with Crippen molar-refractivity contribution < 1.29 is 27.6 Å². The largest absolute Gasteiger partial charge is 0.490 e. The van der Waals surface area contributed by atoms with E-state index in [4.69, 9.17) is 14.2 Å². The van der Waals surface area contributed by atoms with E-state index in [1.807, 2.05) is 12.1 Å². The number of fused-ring (bicyclic) bond motifs is 1. The fourth-order valence-corrected chi connectivity index (χ4v) is 5.56. The highest BCUT2D eigenvalue weighted by Gasteiger charge is 2.37. The Balaban J connectivity index is 1.69. The fourth-order valence-electron chi connectivity index (χ4n) is 3.86. The molecule has 0 aromatic heterocycles. The Kier molecular flexibility index (Phi) is 5.52. The van der Waals surface area contributed by atoms with Crippen LogP contribution in [0.3, 0.4) is 0 Å². The van der Waals surface area contributed by atoms with E-state index >= 15 is 0 Å². The molecular formula is C20H22N2O7S. The molecule has 0 bridgehead atoms. The lowest BCUT2D eigenvalue weighted by molar-refractivity contribution is -0.386. The molecule has 30 heavy (non-hydrogen) atoms. The van der Waals surface area contributed by atoms with Crippen molar-refractivity contribution in [2.24, 2.45) is 0 Å². The summed E-state index contributed by atoms with van der Waals surface area (Å²) in [5.41, 5.74) is 0.424. The summed E-state index contributed by atoms with van der Waals surface area (Å²) in [5.74, 6) is 1.27. The van der Waals surface area contributed by atoms with Crippen molar-refractivity contribution in [2.45, 2.75) is 30.2 Å². The number of ether oxygens (including phenoxy) is 3. The lowest BCUT2D eigenvalue weighted by Crippen LogP contribution is -2.30. The number of rotatable bonds is 5. The molecule has 2 aliphatic heterocycles. The number of nitro benzene ring substituents is 1. The van der Waals surface area contributed by atoms with Crippen molar-refractivity contribution in [1.82, 2.24) is 4.31 Å². The molecule has 2 heterocycles. The molecule has 0 amide bonds. The summed E-state index contributed by atoms with van der Waals surface area (Å²) in [6, 6.07) is 8.80. The maximum atomic E-state index is 13.3. The van der Waals surface area contributed by atoms with Gasteiger partial charge in [-0.1, -0.05) is 6.07 Å². The lowest BCUT2D eigenvalue weighted by Gasteiger charge is -2.25. The Morgan fingerprint density at radius 2 is 1.87 bits per heavy atom. The van der Waals surface area contributed by atoms with E-state index in [1.54, 1.807) is 6.07 Å². The zero-order chi connectivity index (χ0) is 21.3. The van der Waals surface area contributed by atoms with Gasteiger partial charge in [0.2, 0.25) is 10.0 Å². The zero-order valence-electron chi connectivity index (χ0n) is 16.4. The highest BCUT2D eigenvalue weighted by Crippen LogP contribution is 2.41. The van der Waals surface area contributed by atoms with E-state index in [1.165, 1.54) is 23.5 Å². The SMILES string of the molecule is COc1ccc(S(=O)(=O)N2CCC[C@H]2c2ccc3c(c2)OCCCO3)cc1[N+](=O)[O-]. The predicted octanol–water partition coefficient (Wildman–Crippen LogP) is 3.29. The molecule has 9 nitrogen and oxygen atoms in total. The minimum Gasteiger partial charge on any atom is -0.490 e. The molecule has 0 radical (unpaired) electrons. The topological polar surface area (TPSA) is 108 Å². The third-order valence-electron chi connectivity index (χ3n) is 5.31. The van der Waals surface area contributed by atoms with E-state index in [-0.39, 0.29) is 22.4 Å². The summed E-state index contributed by atoms with van der Waals surface area (Å²) in [6.07, 6.45) is 2.12. The van der Waals surface area contributed by atoms with Gasteiger partial charge < -0.3 is 14.2 Å². The molecule has 0 aliphatic carbocycles. The van der Waals surface area contributed by atoms with Crippen LogP contribution in [0.2, 0.25) is 0 Å². The summed E-state index contributed by atoms with van der Waals surface area (Å²) < 4.78 is 44.5. The summed E-state index contributed by atoms with van der Waals surface area (Å²) in [4.78, 5) is 10.5. The first-order valence-corrected chi connectivity index (χ1v) is 11.1. The Morgan fingerprint density at radius 3 is 2.60 bits per heavy atom. The number of nitrogens with zero attached hydrogens (tertiary/aromatic N) is 2. The third kappa shape index (κ3) is 3.68. The quantitative estimate of drug-likeness (QED) is 0.525. The second-order valence-corrected chi connectivity index (χ2v) is 9.01. The van der Waals surface area contributed by atoms with Gasteiger partial charge in [-0.05, 0) is 42.7 Å². The first-order valence-electron chi connectivity index (χ1n) is 9.65. The number of methoxy groups -OCH3 is 1. The van der Waals surface area contributed by atoms with Crippen LogP contribution in [-0.4, -0.2) is 44.5 Å². The summed E-state index contributed by atoms with van der Waals surface area (Å²) in [6.45, 7) is 1.45. The average Bonchev–Trinajstić information content (AvgIpc) is 3.13. The van der Waals surface area contributed by atoms with Gasteiger partial charge in [0.05, 0.1) is 36.2 Å². The Hall–Kier alpha value is -2.85. The Labute approximate surface area is 174 Å². The molecule has 0 spiro atoms.